The van der Waals surface area contributed by atoms with Crippen LogP contribution < -0.4 is 10.6 Å². The first kappa shape index (κ1) is 17.9. The number of aromatic amines is 1. The topological polar surface area (TPSA) is 85.9 Å². The first-order valence-electron chi connectivity index (χ1n) is 9.59. The fraction of sp³-hybridized carbons (Fsp3) is 0.429. The maximum Gasteiger partial charge on any atom is 0.157 e. The summed E-state index contributed by atoms with van der Waals surface area (Å²) in [5.74, 6) is 1.29. The predicted molar refractivity (Wildman–Crippen MR) is 108 cm³/mol. The molecular weight excluding hydrogens is 338 g/mol. The Labute approximate surface area is 159 Å². The third-order valence-corrected chi connectivity index (χ3v) is 5.40. The summed E-state index contributed by atoms with van der Waals surface area (Å²) in [6.45, 7) is 7.12. The molecule has 0 saturated carbocycles. The second-order valence-corrected chi connectivity index (χ2v) is 7.73. The van der Waals surface area contributed by atoms with Gasteiger partial charge in [-0.15, -0.1) is 0 Å². The van der Waals surface area contributed by atoms with E-state index in [-0.39, 0.29) is 18.7 Å². The van der Waals surface area contributed by atoms with Crippen molar-refractivity contribution in [1.82, 2.24) is 20.3 Å². The van der Waals surface area contributed by atoms with E-state index in [1.165, 1.54) is 22.4 Å². The number of pyridine rings is 1. The molecule has 3 aromatic rings. The summed E-state index contributed by atoms with van der Waals surface area (Å²) in [4.78, 5) is 12.2. The van der Waals surface area contributed by atoms with Gasteiger partial charge in [-0.1, -0.05) is 26.0 Å². The highest BCUT2D eigenvalue weighted by molar-refractivity contribution is 5.77. The Morgan fingerprint density at radius 3 is 2.93 bits per heavy atom. The zero-order chi connectivity index (χ0) is 19.0. The molecule has 2 aromatic heterocycles. The number of H-pyrrole nitrogens is 1. The van der Waals surface area contributed by atoms with Gasteiger partial charge in [0.1, 0.15) is 11.3 Å². The smallest absolute Gasteiger partial charge is 0.157 e. The Morgan fingerprint density at radius 1 is 1.30 bits per heavy atom. The lowest BCUT2D eigenvalue weighted by molar-refractivity contribution is 0.210. The zero-order valence-corrected chi connectivity index (χ0v) is 16.1. The van der Waals surface area contributed by atoms with Crippen LogP contribution in [0.25, 0.3) is 11.2 Å². The average Bonchev–Trinajstić information content (AvgIpc) is 3.23. The molecule has 0 saturated heterocycles. The van der Waals surface area contributed by atoms with Gasteiger partial charge >= 0.3 is 0 Å². The number of rotatable bonds is 6. The Hall–Kier alpha value is -2.44. The number of aryl methyl sites for hydroxylation is 1. The summed E-state index contributed by atoms with van der Waals surface area (Å²) >= 11 is 0. The number of anilines is 1. The van der Waals surface area contributed by atoms with Gasteiger partial charge in [0.05, 0.1) is 12.6 Å². The third-order valence-electron chi connectivity index (χ3n) is 5.40. The molecule has 6 nitrogen and oxygen atoms in total. The second kappa shape index (κ2) is 7.29. The van der Waals surface area contributed by atoms with Gasteiger partial charge in [0, 0.05) is 30.0 Å². The Balaban J connectivity index is 1.52. The molecule has 4 rings (SSSR count). The second-order valence-electron chi connectivity index (χ2n) is 7.73. The van der Waals surface area contributed by atoms with Crippen molar-refractivity contribution in [1.29, 1.82) is 0 Å². The number of aromatic nitrogens is 3. The summed E-state index contributed by atoms with van der Waals surface area (Å²) < 4.78 is 0. The van der Waals surface area contributed by atoms with Crippen molar-refractivity contribution in [2.24, 2.45) is 5.92 Å². The van der Waals surface area contributed by atoms with Crippen LogP contribution in [0.1, 0.15) is 42.4 Å². The van der Waals surface area contributed by atoms with Crippen LogP contribution in [0.3, 0.4) is 0 Å². The highest BCUT2D eigenvalue weighted by Crippen LogP contribution is 2.36. The van der Waals surface area contributed by atoms with Crippen LogP contribution in [0.5, 0.6) is 0 Å². The standard InChI is InChI=1S/C21H27N5O/c1-12(2)19(11-27)23-10-14-4-5-17-15(8-14)9-18(26-17)16-6-7-22-21-20(16)24-13(3)25-21/h4-8,12,18-19,23,26-27H,9-11H2,1-3H3,(H,22,24,25). The highest BCUT2D eigenvalue weighted by atomic mass is 16.3. The Morgan fingerprint density at radius 2 is 2.15 bits per heavy atom. The minimum atomic E-state index is 0.122. The van der Waals surface area contributed by atoms with Crippen LogP contribution in [0, 0.1) is 12.8 Å². The number of hydrogen-bond donors (Lipinski definition) is 4. The van der Waals surface area contributed by atoms with Crippen LogP contribution in [0.4, 0.5) is 5.69 Å². The summed E-state index contributed by atoms with van der Waals surface area (Å²) in [6, 6.07) is 8.96. The zero-order valence-electron chi connectivity index (χ0n) is 16.1. The first-order valence-corrected chi connectivity index (χ1v) is 9.59. The van der Waals surface area contributed by atoms with E-state index in [1.807, 2.05) is 13.1 Å². The average molecular weight is 365 g/mol. The van der Waals surface area contributed by atoms with Crippen LogP contribution in [0.15, 0.2) is 30.5 Å². The molecule has 3 heterocycles. The number of hydrogen-bond acceptors (Lipinski definition) is 5. The van der Waals surface area contributed by atoms with Crippen molar-refractivity contribution in [2.75, 3.05) is 11.9 Å². The van der Waals surface area contributed by atoms with Crippen molar-refractivity contribution in [3.8, 4) is 0 Å². The molecule has 0 bridgehead atoms. The molecule has 0 aliphatic carbocycles. The minimum Gasteiger partial charge on any atom is -0.395 e. The molecule has 4 N–H and O–H groups in total. The molecule has 0 amide bonds. The molecule has 0 radical (unpaired) electrons. The largest absolute Gasteiger partial charge is 0.395 e. The molecule has 142 valence electrons. The van der Waals surface area contributed by atoms with Crippen LogP contribution >= 0.6 is 0 Å². The van der Waals surface area contributed by atoms with Gasteiger partial charge in [0.2, 0.25) is 0 Å². The van der Waals surface area contributed by atoms with Crippen LogP contribution in [0.2, 0.25) is 0 Å². The number of nitrogens with zero attached hydrogens (tertiary/aromatic N) is 2. The lowest BCUT2D eigenvalue weighted by atomic mass is 10.0. The number of aliphatic hydroxyl groups is 1. The maximum absolute atomic E-state index is 9.49. The fourth-order valence-electron chi connectivity index (χ4n) is 3.80. The van der Waals surface area contributed by atoms with Crippen molar-refractivity contribution >= 4 is 16.9 Å². The predicted octanol–water partition coefficient (Wildman–Crippen LogP) is 3.08. The molecule has 0 spiro atoms. The van der Waals surface area contributed by atoms with Crippen molar-refractivity contribution in [3.63, 3.8) is 0 Å². The minimum absolute atomic E-state index is 0.122. The van der Waals surface area contributed by atoms with Gasteiger partial charge in [-0.2, -0.15) is 0 Å². The molecule has 0 fully saturated rings. The lowest BCUT2D eigenvalue weighted by Gasteiger charge is -2.20. The van der Waals surface area contributed by atoms with Crippen molar-refractivity contribution < 1.29 is 5.11 Å². The molecule has 1 aliphatic heterocycles. The van der Waals surface area contributed by atoms with Gasteiger partial charge in [-0.3, -0.25) is 0 Å². The SMILES string of the molecule is Cc1nc2c(C3Cc4cc(CNC(CO)C(C)C)ccc4N3)ccnc2[nH]1. The molecule has 2 atom stereocenters. The van der Waals surface area contributed by atoms with Crippen LogP contribution in [-0.2, 0) is 13.0 Å². The van der Waals surface area contributed by atoms with E-state index in [0.29, 0.717) is 5.92 Å². The molecular formula is C21H27N5O. The number of imidazole rings is 1. The van der Waals surface area contributed by atoms with E-state index in [0.717, 1.165) is 30.0 Å². The van der Waals surface area contributed by atoms with E-state index >= 15 is 0 Å². The molecule has 1 aliphatic rings. The fourth-order valence-corrected chi connectivity index (χ4v) is 3.80. The first-order chi connectivity index (χ1) is 13.0. The number of nitrogens with one attached hydrogen (secondary N) is 3. The molecule has 2 unspecified atom stereocenters. The summed E-state index contributed by atoms with van der Waals surface area (Å²) in [5.41, 5.74) is 6.72. The van der Waals surface area contributed by atoms with Gasteiger partial charge in [0.15, 0.2) is 5.65 Å². The Bertz CT molecular complexity index is 949. The van der Waals surface area contributed by atoms with E-state index in [1.54, 1.807) is 0 Å². The van der Waals surface area contributed by atoms with E-state index in [2.05, 4.69) is 63.7 Å². The summed E-state index contributed by atoms with van der Waals surface area (Å²) in [7, 11) is 0. The lowest BCUT2D eigenvalue weighted by Crippen LogP contribution is -2.36. The quantitative estimate of drug-likeness (QED) is 0.539. The van der Waals surface area contributed by atoms with Gasteiger partial charge in [-0.05, 0) is 42.5 Å². The van der Waals surface area contributed by atoms with E-state index < -0.39 is 0 Å². The summed E-state index contributed by atoms with van der Waals surface area (Å²) in [5, 5.41) is 16.6. The number of fused-ring (bicyclic) bond motifs is 2. The molecule has 1 aromatic carbocycles. The third kappa shape index (κ3) is 3.55. The number of benzene rings is 1. The normalized spacial score (nSPS) is 17.3. The van der Waals surface area contributed by atoms with Crippen molar-refractivity contribution in [3.05, 3.63) is 53.0 Å². The van der Waals surface area contributed by atoms with E-state index in [4.69, 9.17) is 0 Å². The van der Waals surface area contributed by atoms with Crippen LogP contribution in [-0.4, -0.2) is 32.7 Å². The van der Waals surface area contributed by atoms with Gasteiger partial charge in [-0.25, -0.2) is 9.97 Å². The van der Waals surface area contributed by atoms with E-state index in [9.17, 15) is 5.11 Å². The van der Waals surface area contributed by atoms with Crippen molar-refractivity contribution in [2.45, 2.75) is 45.8 Å². The maximum atomic E-state index is 9.49. The monoisotopic (exact) mass is 365 g/mol. The highest BCUT2D eigenvalue weighted by Gasteiger charge is 2.25. The van der Waals surface area contributed by atoms with Gasteiger partial charge < -0.3 is 20.7 Å². The molecule has 27 heavy (non-hydrogen) atoms. The van der Waals surface area contributed by atoms with Gasteiger partial charge in [0.25, 0.3) is 0 Å². The number of aliphatic hydroxyl groups excluding tert-OH is 1. The summed E-state index contributed by atoms with van der Waals surface area (Å²) in [6.07, 6.45) is 2.78. The Kier molecular flexibility index (Phi) is 4.85. The molecule has 6 heteroatoms.